The molecule has 0 N–H and O–H groups in total. The molecule has 1 aromatic rings. The van der Waals surface area contributed by atoms with E-state index in [1.807, 2.05) is 30.3 Å². The first kappa shape index (κ1) is 26.2. The Balaban J connectivity index is 2.15. The van der Waals surface area contributed by atoms with Crippen LogP contribution in [0.1, 0.15) is 19.4 Å². The Morgan fingerprint density at radius 2 is 1.52 bits per heavy atom. The molecule has 1 saturated heterocycles. The van der Waals surface area contributed by atoms with Gasteiger partial charge in [0.05, 0.1) is 13.2 Å². The molecule has 1 heterocycles. The molecule has 0 radical (unpaired) electrons. The van der Waals surface area contributed by atoms with E-state index >= 15 is 0 Å². The van der Waals surface area contributed by atoms with Crippen LogP contribution in [0, 0.1) is 5.92 Å². The van der Waals surface area contributed by atoms with Crippen LogP contribution in [0.4, 0.5) is 0 Å². The average molecular weight is 443 g/mol. The van der Waals surface area contributed by atoms with Gasteiger partial charge in [-0.1, -0.05) is 44.2 Å². The maximum absolute atomic E-state index is 6.26. The number of methoxy groups -OCH3 is 4. The minimum Gasteiger partial charge on any atom is -0.378 e. The molecule has 31 heavy (non-hydrogen) atoms. The van der Waals surface area contributed by atoms with Crippen LogP contribution in [0.3, 0.4) is 0 Å². The van der Waals surface area contributed by atoms with Crippen molar-refractivity contribution in [2.75, 3.05) is 48.3 Å². The Morgan fingerprint density at radius 1 is 0.839 bits per heavy atom. The van der Waals surface area contributed by atoms with Gasteiger partial charge in [0, 0.05) is 35.0 Å². The molecule has 0 amide bonds. The van der Waals surface area contributed by atoms with Gasteiger partial charge in [-0.05, 0) is 11.5 Å². The van der Waals surface area contributed by atoms with Crippen LogP contribution in [0.5, 0.6) is 0 Å². The molecule has 8 heteroatoms. The van der Waals surface area contributed by atoms with E-state index in [4.69, 9.17) is 37.9 Å². The second kappa shape index (κ2) is 14.1. The van der Waals surface area contributed by atoms with Gasteiger partial charge in [-0.2, -0.15) is 0 Å². The molecular weight excluding hydrogens is 404 g/mol. The zero-order chi connectivity index (χ0) is 22.6. The molecule has 1 aliphatic rings. The highest BCUT2D eigenvalue weighted by atomic mass is 16.7. The number of hydrogen-bond donors (Lipinski definition) is 0. The lowest BCUT2D eigenvalue weighted by molar-refractivity contribution is -0.328. The van der Waals surface area contributed by atoms with Gasteiger partial charge in [0.25, 0.3) is 0 Å². The smallest absolute Gasteiger partial charge is 0.187 e. The second-order valence-corrected chi connectivity index (χ2v) is 7.87. The third kappa shape index (κ3) is 8.07. The summed E-state index contributed by atoms with van der Waals surface area (Å²) in [4.78, 5) is 0. The summed E-state index contributed by atoms with van der Waals surface area (Å²) < 4.78 is 46.4. The summed E-state index contributed by atoms with van der Waals surface area (Å²) in [5, 5.41) is 0. The molecule has 0 spiro atoms. The molecule has 5 atom stereocenters. The molecule has 0 aromatic heterocycles. The van der Waals surface area contributed by atoms with Gasteiger partial charge in [-0.25, -0.2) is 0 Å². The zero-order valence-electron chi connectivity index (χ0n) is 19.5. The van der Waals surface area contributed by atoms with E-state index in [-0.39, 0.29) is 18.8 Å². The maximum atomic E-state index is 6.26. The SMILES string of the molecule is COC(CO[C@H]1O[C@H](COCC(C)C)[C@@H](OC)[C@H](OC)[C@@H]1OCc1ccccc1)OC. The predicted octanol–water partition coefficient (Wildman–Crippen LogP) is 2.63. The third-order valence-electron chi connectivity index (χ3n) is 5.08. The number of benzene rings is 1. The van der Waals surface area contributed by atoms with E-state index in [9.17, 15) is 0 Å². The second-order valence-electron chi connectivity index (χ2n) is 7.87. The molecule has 2 rings (SSSR count). The van der Waals surface area contributed by atoms with E-state index < -0.39 is 24.8 Å². The first-order chi connectivity index (χ1) is 15.0. The van der Waals surface area contributed by atoms with Crippen molar-refractivity contribution in [3.63, 3.8) is 0 Å². The fraction of sp³-hybridized carbons (Fsp3) is 0.739. The molecule has 1 aromatic carbocycles. The van der Waals surface area contributed by atoms with Crippen molar-refractivity contribution in [2.45, 2.75) is 57.5 Å². The highest BCUT2D eigenvalue weighted by Gasteiger charge is 2.48. The molecule has 1 fully saturated rings. The Kier molecular flexibility index (Phi) is 11.9. The van der Waals surface area contributed by atoms with Crippen molar-refractivity contribution in [3.8, 4) is 0 Å². The Hall–Kier alpha value is -1.10. The summed E-state index contributed by atoms with van der Waals surface area (Å²) in [5.41, 5.74) is 1.04. The quantitative estimate of drug-likeness (QED) is 0.407. The van der Waals surface area contributed by atoms with Crippen LogP contribution in [0.2, 0.25) is 0 Å². The standard InChI is InChI=1S/C23H38O8/c1-16(2)12-28-14-18-20(26-5)21(27-6)22(29-13-17-10-8-7-9-11-17)23(31-18)30-15-19(24-3)25-4/h7-11,16,18-23H,12-15H2,1-6H3/t18-,20-,21+,22+,23+/m1/s1. The number of hydrogen-bond acceptors (Lipinski definition) is 8. The fourth-order valence-electron chi connectivity index (χ4n) is 3.47. The van der Waals surface area contributed by atoms with Crippen molar-refractivity contribution in [3.05, 3.63) is 35.9 Å². The summed E-state index contributed by atoms with van der Waals surface area (Å²) >= 11 is 0. The first-order valence-corrected chi connectivity index (χ1v) is 10.7. The molecule has 1 aliphatic heterocycles. The van der Waals surface area contributed by atoms with E-state index in [0.29, 0.717) is 25.7 Å². The van der Waals surface area contributed by atoms with Gasteiger partial charge < -0.3 is 37.9 Å². The summed E-state index contributed by atoms with van der Waals surface area (Å²) in [7, 11) is 6.39. The normalized spacial score (nSPS) is 26.6. The Bertz CT molecular complexity index is 580. The van der Waals surface area contributed by atoms with Gasteiger partial charge in [0.1, 0.15) is 31.0 Å². The lowest BCUT2D eigenvalue weighted by atomic mass is 9.98. The van der Waals surface area contributed by atoms with Crippen molar-refractivity contribution < 1.29 is 37.9 Å². The summed E-state index contributed by atoms with van der Waals surface area (Å²) in [6, 6.07) is 9.92. The molecule has 8 nitrogen and oxygen atoms in total. The predicted molar refractivity (Wildman–Crippen MR) is 115 cm³/mol. The van der Waals surface area contributed by atoms with Crippen LogP contribution in [-0.2, 0) is 44.5 Å². The summed E-state index contributed by atoms with van der Waals surface area (Å²) in [6.45, 7) is 5.75. The van der Waals surface area contributed by atoms with Crippen molar-refractivity contribution >= 4 is 0 Å². The van der Waals surface area contributed by atoms with Crippen LogP contribution < -0.4 is 0 Å². The van der Waals surface area contributed by atoms with Crippen molar-refractivity contribution in [2.24, 2.45) is 5.92 Å². The average Bonchev–Trinajstić information content (AvgIpc) is 2.78. The maximum Gasteiger partial charge on any atom is 0.187 e. The van der Waals surface area contributed by atoms with Crippen LogP contribution in [0.25, 0.3) is 0 Å². The van der Waals surface area contributed by atoms with E-state index in [2.05, 4.69) is 13.8 Å². The van der Waals surface area contributed by atoms with Gasteiger partial charge in [-0.3, -0.25) is 0 Å². The fourth-order valence-corrected chi connectivity index (χ4v) is 3.47. The minimum atomic E-state index is -0.708. The first-order valence-electron chi connectivity index (χ1n) is 10.7. The van der Waals surface area contributed by atoms with E-state index in [1.165, 1.54) is 0 Å². The highest BCUT2D eigenvalue weighted by molar-refractivity contribution is 5.13. The minimum absolute atomic E-state index is 0.177. The van der Waals surface area contributed by atoms with Crippen molar-refractivity contribution in [1.29, 1.82) is 0 Å². The van der Waals surface area contributed by atoms with Gasteiger partial charge in [0.15, 0.2) is 12.6 Å². The molecular formula is C23H38O8. The Morgan fingerprint density at radius 3 is 2.10 bits per heavy atom. The van der Waals surface area contributed by atoms with Crippen molar-refractivity contribution in [1.82, 2.24) is 0 Å². The monoisotopic (exact) mass is 442 g/mol. The van der Waals surface area contributed by atoms with E-state index in [0.717, 1.165) is 5.56 Å². The number of rotatable bonds is 14. The molecule has 0 unspecified atom stereocenters. The van der Waals surface area contributed by atoms with E-state index in [1.54, 1.807) is 28.4 Å². The summed E-state index contributed by atoms with van der Waals surface area (Å²) in [6.07, 6.45) is -2.91. The lowest BCUT2D eigenvalue weighted by Gasteiger charge is -2.45. The van der Waals surface area contributed by atoms with Crippen LogP contribution in [0.15, 0.2) is 30.3 Å². The lowest BCUT2D eigenvalue weighted by Crippen LogP contribution is -2.61. The van der Waals surface area contributed by atoms with Gasteiger partial charge >= 0.3 is 0 Å². The third-order valence-corrected chi connectivity index (χ3v) is 5.08. The topological polar surface area (TPSA) is 73.8 Å². The molecule has 0 bridgehead atoms. The molecule has 0 aliphatic carbocycles. The Labute approximate surface area is 186 Å². The molecule has 0 saturated carbocycles. The van der Waals surface area contributed by atoms with Gasteiger partial charge in [-0.15, -0.1) is 0 Å². The number of ether oxygens (including phenoxy) is 8. The largest absolute Gasteiger partial charge is 0.378 e. The summed E-state index contributed by atoms with van der Waals surface area (Å²) in [5.74, 6) is 0.418. The van der Waals surface area contributed by atoms with Crippen LogP contribution in [-0.4, -0.2) is 85.3 Å². The van der Waals surface area contributed by atoms with Gasteiger partial charge in [0.2, 0.25) is 0 Å². The highest BCUT2D eigenvalue weighted by Crippen LogP contribution is 2.29. The molecule has 178 valence electrons. The van der Waals surface area contributed by atoms with Crippen LogP contribution >= 0.6 is 0 Å². The zero-order valence-corrected chi connectivity index (χ0v) is 19.5.